The second-order valence-electron chi connectivity index (χ2n) is 5.29. The van der Waals surface area contributed by atoms with Crippen molar-refractivity contribution in [2.24, 2.45) is 5.41 Å². The normalized spacial score (nSPS) is 30.4. The summed E-state index contributed by atoms with van der Waals surface area (Å²) >= 11 is 0. The molecular formula is C14H26O3. The molecule has 1 aliphatic heterocycles. The van der Waals surface area contributed by atoms with Crippen LogP contribution in [0.2, 0.25) is 0 Å². The molecule has 0 aliphatic carbocycles. The molecule has 0 bridgehead atoms. The zero-order valence-electron chi connectivity index (χ0n) is 11.4. The van der Waals surface area contributed by atoms with E-state index in [2.05, 4.69) is 6.92 Å². The number of hydrogen-bond donors (Lipinski definition) is 1. The van der Waals surface area contributed by atoms with E-state index in [1.807, 2.05) is 13.8 Å². The quantitative estimate of drug-likeness (QED) is 0.698. The lowest BCUT2D eigenvalue weighted by molar-refractivity contribution is -0.150. The summed E-state index contributed by atoms with van der Waals surface area (Å²) in [5.41, 5.74) is -0.411. The molecular weight excluding hydrogens is 216 g/mol. The Morgan fingerprint density at radius 2 is 2.18 bits per heavy atom. The summed E-state index contributed by atoms with van der Waals surface area (Å²) in [5.74, 6) is -0.0784. The van der Waals surface area contributed by atoms with Gasteiger partial charge in [-0.3, -0.25) is 4.79 Å². The van der Waals surface area contributed by atoms with Gasteiger partial charge in [-0.2, -0.15) is 0 Å². The molecule has 1 fully saturated rings. The summed E-state index contributed by atoms with van der Waals surface area (Å²) in [6.07, 6.45) is 5.59. The fourth-order valence-corrected chi connectivity index (χ4v) is 2.65. The molecule has 0 aromatic heterocycles. The van der Waals surface area contributed by atoms with E-state index in [0.29, 0.717) is 12.8 Å². The largest absolute Gasteiger partial charge is 0.462 e. The number of esters is 1. The van der Waals surface area contributed by atoms with Gasteiger partial charge in [0, 0.05) is 6.42 Å². The van der Waals surface area contributed by atoms with Gasteiger partial charge in [0.25, 0.3) is 0 Å². The van der Waals surface area contributed by atoms with E-state index >= 15 is 0 Å². The standard InChI is InChI=1S/C14H26O3/c1-4-7-8-14(9-11(15)5-2)10-12(6-3)17-13(14)16/h11-12,15H,4-10H2,1-3H3. The summed E-state index contributed by atoms with van der Waals surface area (Å²) in [6, 6.07) is 0. The summed E-state index contributed by atoms with van der Waals surface area (Å²) in [7, 11) is 0. The first-order valence-corrected chi connectivity index (χ1v) is 6.97. The smallest absolute Gasteiger partial charge is 0.312 e. The molecule has 100 valence electrons. The lowest BCUT2D eigenvalue weighted by Crippen LogP contribution is -2.31. The van der Waals surface area contributed by atoms with Crippen LogP contribution in [0.15, 0.2) is 0 Å². The number of ether oxygens (including phenoxy) is 1. The molecule has 1 aliphatic rings. The number of unbranched alkanes of at least 4 members (excludes halogenated alkanes) is 1. The molecule has 1 N–H and O–H groups in total. The molecule has 3 atom stereocenters. The maximum absolute atomic E-state index is 12.1. The van der Waals surface area contributed by atoms with Crippen LogP contribution in [0.25, 0.3) is 0 Å². The summed E-state index contributed by atoms with van der Waals surface area (Å²) in [6.45, 7) is 6.13. The van der Waals surface area contributed by atoms with Crippen LogP contribution in [0.5, 0.6) is 0 Å². The monoisotopic (exact) mass is 242 g/mol. The third-order valence-corrected chi connectivity index (χ3v) is 3.89. The van der Waals surface area contributed by atoms with Crippen LogP contribution in [0.4, 0.5) is 0 Å². The van der Waals surface area contributed by atoms with Crippen LogP contribution in [-0.4, -0.2) is 23.3 Å². The Morgan fingerprint density at radius 1 is 1.47 bits per heavy atom. The summed E-state index contributed by atoms with van der Waals surface area (Å²) < 4.78 is 5.42. The van der Waals surface area contributed by atoms with Crippen molar-refractivity contribution in [2.75, 3.05) is 0 Å². The average Bonchev–Trinajstić information content (AvgIpc) is 2.64. The van der Waals surface area contributed by atoms with Gasteiger partial charge in [-0.05, 0) is 25.7 Å². The predicted molar refractivity (Wildman–Crippen MR) is 67.7 cm³/mol. The minimum atomic E-state index is -0.411. The minimum absolute atomic E-state index is 0.0587. The van der Waals surface area contributed by atoms with Crippen molar-refractivity contribution in [2.45, 2.75) is 77.9 Å². The van der Waals surface area contributed by atoms with Crippen LogP contribution in [-0.2, 0) is 9.53 Å². The second-order valence-corrected chi connectivity index (χ2v) is 5.29. The van der Waals surface area contributed by atoms with E-state index in [1.165, 1.54) is 0 Å². The van der Waals surface area contributed by atoms with Gasteiger partial charge in [-0.15, -0.1) is 0 Å². The van der Waals surface area contributed by atoms with Gasteiger partial charge < -0.3 is 9.84 Å². The van der Waals surface area contributed by atoms with E-state index < -0.39 is 5.41 Å². The highest BCUT2D eigenvalue weighted by Gasteiger charge is 2.48. The Kier molecular flexibility index (Phi) is 5.44. The van der Waals surface area contributed by atoms with Crippen molar-refractivity contribution < 1.29 is 14.6 Å². The SMILES string of the molecule is CCCCC1(CC(O)CC)CC(CC)OC1=O. The number of hydrogen-bond acceptors (Lipinski definition) is 3. The fraction of sp³-hybridized carbons (Fsp3) is 0.929. The molecule has 0 aromatic rings. The molecule has 17 heavy (non-hydrogen) atoms. The van der Waals surface area contributed by atoms with Crippen molar-refractivity contribution >= 4 is 5.97 Å². The van der Waals surface area contributed by atoms with Crippen molar-refractivity contribution in [1.29, 1.82) is 0 Å². The molecule has 1 saturated heterocycles. The van der Waals surface area contributed by atoms with Crippen LogP contribution in [0, 0.1) is 5.41 Å². The van der Waals surface area contributed by atoms with Crippen molar-refractivity contribution in [3.63, 3.8) is 0 Å². The van der Waals surface area contributed by atoms with Crippen LogP contribution in [0.1, 0.15) is 65.7 Å². The Balaban J connectivity index is 2.74. The van der Waals surface area contributed by atoms with Gasteiger partial charge in [0.2, 0.25) is 0 Å². The van der Waals surface area contributed by atoms with E-state index in [0.717, 1.165) is 32.1 Å². The van der Waals surface area contributed by atoms with Gasteiger partial charge in [0.1, 0.15) is 6.10 Å². The highest BCUT2D eigenvalue weighted by molar-refractivity contribution is 5.79. The van der Waals surface area contributed by atoms with Gasteiger partial charge in [0.15, 0.2) is 0 Å². The van der Waals surface area contributed by atoms with Gasteiger partial charge in [-0.25, -0.2) is 0 Å². The third kappa shape index (κ3) is 3.44. The Hall–Kier alpha value is -0.570. The van der Waals surface area contributed by atoms with E-state index in [-0.39, 0.29) is 18.2 Å². The van der Waals surface area contributed by atoms with Gasteiger partial charge >= 0.3 is 5.97 Å². The Bertz CT molecular complexity index is 252. The number of carbonyl (C=O) groups excluding carboxylic acids is 1. The summed E-state index contributed by atoms with van der Waals surface area (Å²) in [4.78, 5) is 12.1. The van der Waals surface area contributed by atoms with E-state index in [9.17, 15) is 9.90 Å². The van der Waals surface area contributed by atoms with Gasteiger partial charge in [-0.1, -0.05) is 33.6 Å². The summed E-state index contributed by atoms with van der Waals surface area (Å²) in [5, 5.41) is 9.85. The maximum atomic E-state index is 12.1. The maximum Gasteiger partial charge on any atom is 0.312 e. The lowest BCUT2D eigenvalue weighted by Gasteiger charge is -2.27. The average molecular weight is 242 g/mol. The van der Waals surface area contributed by atoms with Crippen molar-refractivity contribution in [3.05, 3.63) is 0 Å². The first kappa shape index (κ1) is 14.5. The van der Waals surface area contributed by atoms with Crippen LogP contribution >= 0.6 is 0 Å². The number of aliphatic hydroxyl groups is 1. The van der Waals surface area contributed by atoms with Crippen molar-refractivity contribution in [1.82, 2.24) is 0 Å². The predicted octanol–water partition coefficient (Wildman–Crippen LogP) is 3.05. The van der Waals surface area contributed by atoms with Crippen LogP contribution in [0.3, 0.4) is 0 Å². The second kappa shape index (κ2) is 6.39. The lowest BCUT2D eigenvalue weighted by atomic mass is 9.75. The molecule has 3 unspecified atom stereocenters. The van der Waals surface area contributed by atoms with E-state index in [1.54, 1.807) is 0 Å². The number of aliphatic hydroxyl groups excluding tert-OH is 1. The molecule has 3 nitrogen and oxygen atoms in total. The molecule has 0 radical (unpaired) electrons. The Labute approximate surface area is 105 Å². The number of rotatable bonds is 7. The first-order chi connectivity index (χ1) is 8.07. The fourth-order valence-electron chi connectivity index (χ4n) is 2.65. The van der Waals surface area contributed by atoms with Crippen LogP contribution < -0.4 is 0 Å². The zero-order chi connectivity index (χ0) is 12.9. The first-order valence-electron chi connectivity index (χ1n) is 6.97. The highest BCUT2D eigenvalue weighted by atomic mass is 16.6. The Morgan fingerprint density at radius 3 is 2.65 bits per heavy atom. The molecule has 1 rings (SSSR count). The van der Waals surface area contributed by atoms with Crippen molar-refractivity contribution in [3.8, 4) is 0 Å². The number of carbonyl (C=O) groups is 1. The molecule has 0 spiro atoms. The number of cyclic esters (lactones) is 1. The topological polar surface area (TPSA) is 46.5 Å². The molecule has 0 saturated carbocycles. The van der Waals surface area contributed by atoms with E-state index in [4.69, 9.17) is 4.74 Å². The minimum Gasteiger partial charge on any atom is -0.462 e. The molecule has 1 heterocycles. The third-order valence-electron chi connectivity index (χ3n) is 3.89. The highest BCUT2D eigenvalue weighted by Crippen LogP contribution is 2.43. The molecule has 0 aromatic carbocycles. The van der Waals surface area contributed by atoms with Gasteiger partial charge in [0.05, 0.1) is 11.5 Å². The molecule has 0 amide bonds. The zero-order valence-corrected chi connectivity index (χ0v) is 11.4. The molecule has 3 heteroatoms.